The molecule has 2 saturated heterocycles. The lowest BCUT2D eigenvalue weighted by Crippen LogP contribution is -2.64. The van der Waals surface area contributed by atoms with Gasteiger partial charge in [-0.25, -0.2) is 0 Å². The molecule has 9 heteroatoms. The number of amides is 2. The van der Waals surface area contributed by atoms with Crippen LogP contribution in [0.5, 0.6) is 0 Å². The summed E-state index contributed by atoms with van der Waals surface area (Å²) in [4.78, 5) is 28.9. The molecule has 0 aromatic rings. The first kappa shape index (κ1) is 20.0. The molecule has 144 valence electrons. The Hall–Kier alpha value is -1.35. The van der Waals surface area contributed by atoms with E-state index in [1.54, 1.807) is 13.8 Å². The number of piperazine rings is 1. The third-order valence-corrected chi connectivity index (χ3v) is 5.10. The monoisotopic (exact) mass is 364 g/mol. The van der Waals surface area contributed by atoms with Crippen molar-refractivity contribution in [1.82, 2.24) is 20.0 Å². The summed E-state index contributed by atoms with van der Waals surface area (Å²) in [6, 6.07) is -0.825. The average molecular weight is 364 g/mol. The predicted octanol–water partition coefficient (Wildman–Crippen LogP) is 0.682. The highest BCUT2D eigenvalue weighted by Crippen LogP contribution is 2.25. The van der Waals surface area contributed by atoms with Crippen LogP contribution in [0.3, 0.4) is 0 Å². The zero-order valence-electron chi connectivity index (χ0n) is 14.8. The second kappa shape index (κ2) is 8.35. The van der Waals surface area contributed by atoms with E-state index >= 15 is 0 Å². The van der Waals surface area contributed by atoms with Crippen molar-refractivity contribution < 1.29 is 22.8 Å². The van der Waals surface area contributed by atoms with E-state index in [4.69, 9.17) is 0 Å². The van der Waals surface area contributed by atoms with Gasteiger partial charge in [-0.3, -0.25) is 14.5 Å². The van der Waals surface area contributed by atoms with Crippen LogP contribution in [-0.2, 0) is 9.59 Å². The Morgan fingerprint density at radius 2 is 1.72 bits per heavy atom. The summed E-state index contributed by atoms with van der Waals surface area (Å²) in [6.45, 7) is 6.58. The first-order chi connectivity index (χ1) is 11.8. The molecular formula is C16H27F3N4O2. The summed E-state index contributed by atoms with van der Waals surface area (Å²) in [5, 5.41) is 3.26. The fourth-order valence-electron chi connectivity index (χ4n) is 3.67. The highest BCUT2D eigenvalue weighted by Gasteiger charge is 2.48. The molecule has 2 aliphatic heterocycles. The van der Waals surface area contributed by atoms with Gasteiger partial charge in [0.1, 0.15) is 6.04 Å². The standard InChI is InChI=1S/C16H27F3N4O2/c1-3-21(4-2)14(24)13-11-22(12-5-7-20-8-6-12)9-10-23(13)15(25)16(17,18)19/h12-13,20H,3-11H2,1-2H3. The summed E-state index contributed by atoms with van der Waals surface area (Å²) in [7, 11) is 0. The molecule has 2 fully saturated rings. The van der Waals surface area contributed by atoms with Crippen molar-refractivity contribution in [3.63, 3.8) is 0 Å². The molecule has 6 nitrogen and oxygen atoms in total. The third-order valence-electron chi connectivity index (χ3n) is 5.10. The Labute approximate surface area is 146 Å². The molecule has 25 heavy (non-hydrogen) atoms. The number of piperidine rings is 1. The zero-order chi connectivity index (χ0) is 18.6. The summed E-state index contributed by atoms with van der Waals surface area (Å²) < 4.78 is 38.8. The molecule has 0 bridgehead atoms. The summed E-state index contributed by atoms with van der Waals surface area (Å²) >= 11 is 0. The molecule has 0 saturated carbocycles. The predicted molar refractivity (Wildman–Crippen MR) is 86.9 cm³/mol. The molecule has 0 aromatic carbocycles. The lowest BCUT2D eigenvalue weighted by Gasteiger charge is -2.45. The van der Waals surface area contributed by atoms with Gasteiger partial charge >= 0.3 is 12.1 Å². The normalized spacial score (nSPS) is 23.6. The van der Waals surface area contributed by atoms with E-state index in [1.165, 1.54) is 4.90 Å². The Morgan fingerprint density at radius 3 is 2.24 bits per heavy atom. The van der Waals surface area contributed by atoms with Crippen LogP contribution in [0.2, 0.25) is 0 Å². The van der Waals surface area contributed by atoms with Crippen LogP contribution in [-0.4, -0.2) is 90.6 Å². The number of likely N-dealkylation sites (N-methyl/N-ethyl adjacent to an activating group) is 1. The minimum absolute atomic E-state index is 0.0695. The maximum absolute atomic E-state index is 12.9. The van der Waals surface area contributed by atoms with Gasteiger partial charge in [0, 0.05) is 38.8 Å². The van der Waals surface area contributed by atoms with Crippen LogP contribution in [0, 0.1) is 0 Å². The largest absolute Gasteiger partial charge is 0.471 e. The topological polar surface area (TPSA) is 55.9 Å². The highest BCUT2D eigenvalue weighted by molar-refractivity contribution is 5.90. The molecule has 2 heterocycles. The molecule has 2 rings (SSSR count). The van der Waals surface area contributed by atoms with Crippen LogP contribution >= 0.6 is 0 Å². The van der Waals surface area contributed by atoms with Crippen LogP contribution in [0.15, 0.2) is 0 Å². The van der Waals surface area contributed by atoms with Gasteiger partial charge in [0.25, 0.3) is 0 Å². The van der Waals surface area contributed by atoms with Crippen molar-refractivity contribution in [3.05, 3.63) is 0 Å². The Morgan fingerprint density at radius 1 is 1.12 bits per heavy atom. The fourth-order valence-corrected chi connectivity index (χ4v) is 3.67. The van der Waals surface area contributed by atoms with Crippen LogP contribution in [0.25, 0.3) is 0 Å². The molecule has 0 aliphatic carbocycles. The van der Waals surface area contributed by atoms with Crippen molar-refractivity contribution >= 4 is 11.8 Å². The lowest BCUT2D eigenvalue weighted by molar-refractivity contribution is -0.192. The average Bonchev–Trinajstić information content (AvgIpc) is 2.61. The minimum Gasteiger partial charge on any atom is -0.341 e. The molecule has 0 radical (unpaired) electrons. The Kier molecular flexibility index (Phi) is 6.67. The molecule has 2 amide bonds. The van der Waals surface area contributed by atoms with Gasteiger partial charge in [-0.05, 0) is 39.8 Å². The number of halogens is 3. The Balaban J connectivity index is 2.19. The minimum atomic E-state index is -4.96. The summed E-state index contributed by atoms with van der Waals surface area (Å²) in [6.07, 6.45) is -3.16. The van der Waals surface area contributed by atoms with E-state index in [1.807, 2.05) is 0 Å². The SMILES string of the molecule is CCN(CC)C(=O)C1CN(C2CCNCC2)CCN1C(=O)C(F)(F)F. The van der Waals surface area contributed by atoms with E-state index in [2.05, 4.69) is 10.2 Å². The quantitative estimate of drug-likeness (QED) is 0.797. The molecule has 2 aliphatic rings. The zero-order valence-corrected chi connectivity index (χ0v) is 14.8. The van der Waals surface area contributed by atoms with Crippen LogP contribution in [0.4, 0.5) is 13.2 Å². The third kappa shape index (κ3) is 4.63. The number of hydrogen-bond donors (Lipinski definition) is 1. The number of carbonyl (C=O) groups is 2. The molecule has 1 N–H and O–H groups in total. The van der Waals surface area contributed by atoms with E-state index < -0.39 is 24.0 Å². The van der Waals surface area contributed by atoms with Gasteiger partial charge in [-0.15, -0.1) is 0 Å². The second-order valence-corrected chi connectivity index (χ2v) is 6.50. The van der Waals surface area contributed by atoms with E-state index in [0.717, 1.165) is 30.8 Å². The number of nitrogens with one attached hydrogen (secondary N) is 1. The number of alkyl halides is 3. The van der Waals surface area contributed by atoms with Gasteiger partial charge in [0.05, 0.1) is 0 Å². The van der Waals surface area contributed by atoms with Crippen molar-refractivity contribution in [1.29, 1.82) is 0 Å². The van der Waals surface area contributed by atoms with Crippen molar-refractivity contribution in [2.75, 3.05) is 45.8 Å². The second-order valence-electron chi connectivity index (χ2n) is 6.50. The summed E-state index contributed by atoms with van der Waals surface area (Å²) in [5.41, 5.74) is 0. The van der Waals surface area contributed by atoms with Gasteiger partial charge in [0.15, 0.2) is 0 Å². The Bertz CT molecular complexity index is 476. The van der Waals surface area contributed by atoms with Gasteiger partial charge in [-0.2, -0.15) is 13.2 Å². The number of hydrogen-bond acceptors (Lipinski definition) is 4. The van der Waals surface area contributed by atoms with E-state index in [-0.39, 0.29) is 19.1 Å². The van der Waals surface area contributed by atoms with Crippen molar-refractivity contribution in [2.24, 2.45) is 0 Å². The van der Waals surface area contributed by atoms with E-state index in [9.17, 15) is 22.8 Å². The van der Waals surface area contributed by atoms with Crippen LogP contribution < -0.4 is 5.32 Å². The molecular weight excluding hydrogens is 337 g/mol. The maximum Gasteiger partial charge on any atom is 0.471 e. The van der Waals surface area contributed by atoms with Crippen molar-refractivity contribution in [3.8, 4) is 0 Å². The molecule has 0 aromatic heterocycles. The molecule has 1 atom stereocenters. The number of nitrogens with zero attached hydrogens (tertiary/aromatic N) is 3. The fraction of sp³-hybridized carbons (Fsp3) is 0.875. The van der Waals surface area contributed by atoms with E-state index in [0.29, 0.717) is 19.6 Å². The molecule has 1 unspecified atom stereocenters. The van der Waals surface area contributed by atoms with Gasteiger partial charge < -0.3 is 15.1 Å². The first-order valence-electron chi connectivity index (χ1n) is 8.90. The van der Waals surface area contributed by atoms with Crippen molar-refractivity contribution in [2.45, 2.75) is 44.9 Å². The number of carbonyl (C=O) groups excluding carboxylic acids is 2. The maximum atomic E-state index is 12.9. The lowest BCUT2D eigenvalue weighted by atomic mass is 10.0. The van der Waals surface area contributed by atoms with Crippen LogP contribution in [0.1, 0.15) is 26.7 Å². The highest BCUT2D eigenvalue weighted by atomic mass is 19.4. The van der Waals surface area contributed by atoms with Gasteiger partial charge in [0.2, 0.25) is 5.91 Å². The van der Waals surface area contributed by atoms with Gasteiger partial charge in [-0.1, -0.05) is 0 Å². The first-order valence-corrected chi connectivity index (χ1v) is 8.90. The molecule has 0 spiro atoms. The number of rotatable bonds is 4. The smallest absolute Gasteiger partial charge is 0.341 e. The summed E-state index contributed by atoms with van der Waals surface area (Å²) in [5.74, 6) is -2.32.